The largest absolute Gasteiger partial charge is 0.462 e. The molecular weight excluding hydrogens is 278 g/mol. The average Bonchev–Trinajstić information content (AvgIpc) is 2.81. The van der Waals surface area contributed by atoms with Crippen molar-refractivity contribution in [3.05, 3.63) is 40.8 Å². The van der Waals surface area contributed by atoms with Gasteiger partial charge in [-0.3, -0.25) is 4.79 Å². The lowest BCUT2D eigenvalue weighted by atomic mass is 10.3. The van der Waals surface area contributed by atoms with Crippen LogP contribution in [0.4, 0.5) is 5.00 Å². The van der Waals surface area contributed by atoms with Gasteiger partial charge in [-0.25, -0.2) is 14.8 Å². The molecule has 0 aliphatic heterocycles. The Balaban J connectivity index is 2.13. The fraction of sp³-hybridized carbons (Fsp3) is 0.231. The van der Waals surface area contributed by atoms with Crippen LogP contribution >= 0.6 is 11.3 Å². The summed E-state index contributed by atoms with van der Waals surface area (Å²) in [6, 6.07) is 1.73. The average molecular weight is 291 g/mol. The van der Waals surface area contributed by atoms with Gasteiger partial charge < -0.3 is 10.1 Å². The molecule has 0 aromatic carbocycles. The van der Waals surface area contributed by atoms with Crippen molar-refractivity contribution in [3.8, 4) is 0 Å². The molecule has 20 heavy (non-hydrogen) atoms. The number of nitrogens with zero attached hydrogens (tertiary/aromatic N) is 2. The molecule has 0 saturated heterocycles. The summed E-state index contributed by atoms with van der Waals surface area (Å²) in [5.74, 6) is -0.694. The van der Waals surface area contributed by atoms with Crippen LogP contribution in [0.5, 0.6) is 0 Å². The minimum absolute atomic E-state index is 0.317. The molecule has 0 saturated carbocycles. The van der Waals surface area contributed by atoms with E-state index in [0.29, 0.717) is 22.0 Å². The fourth-order valence-corrected chi connectivity index (χ4v) is 2.50. The minimum atomic E-state index is -0.376. The number of carbonyl (C=O) groups excluding carboxylic acids is 2. The summed E-state index contributed by atoms with van der Waals surface area (Å²) in [6.07, 6.45) is 4.20. The number of amides is 1. The Hall–Kier alpha value is -2.28. The number of nitrogens with one attached hydrogen (secondary N) is 1. The predicted molar refractivity (Wildman–Crippen MR) is 75.0 cm³/mol. The molecular formula is C13H13N3O3S. The van der Waals surface area contributed by atoms with Gasteiger partial charge in [0.15, 0.2) is 0 Å². The highest BCUT2D eigenvalue weighted by atomic mass is 32.1. The second kappa shape index (κ2) is 6.25. The number of rotatable bonds is 4. The van der Waals surface area contributed by atoms with Crippen LogP contribution in [-0.4, -0.2) is 28.5 Å². The lowest BCUT2D eigenvalue weighted by molar-refractivity contribution is 0.0531. The molecule has 1 N–H and O–H groups in total. The number of aryl methyl sites for hydroxylation is 1. The van der Waals surface area contributed by atoms with Crippen LogP contribution in [0.2, 0.25) is 0 Å². The number of aromatic nitrogens is 2. The van der Waals surface area contributed by atoms with Gasteiger partial charge in [0.2, 0.25) is 0 Å². The Labute approximate surface area is 119 Å². The van der Waals surface area contributed by atoms with Gasteiger partial charge in [0.05, 0.1) is 17.2 Å². The molecule has 2 aromatic heterocycles. The second-order valence-electron chi connectivity index (χ2n) is 3.92. The summed E-state index contributed by atoms with van der Waals surface area (Å²) in [7, 11) is 0. The van der Waals surface area contributed by atoms with E-state index >= 15 is 0 Å². The van der Waals surface area contributed by atoms with E-state index in [1.807, 2.05) is 0 Å². The molecule has 0 atom stereocenters. The summed E-state index contributed by atoms with van der Waals surface area (Å²) >= 11 is 1.18. The van der Waals surface area contributed by atoms with Crippen LogP contribution in [0.3, 0.4) is 0 Å². The molecule has 0 radical (unpaired) electrons. The van der Waals surface area contributed by atoms with E-state index in [1.165, 1.54) is 30.1 Å². The maximum Gasteiger partial charge on any atom is 0.348 e. The molecule has 0 aliphatic rings. The summed E-state index contributed by atoms with van der Waals surface area (Å²) < 4.78 is 4.95. The van der Waals surface area contributed by atoms with E-state index in [-0.39, 0.29) is 11.9 Å². The smallest absolute Gasteiger partial charge is 0.348 e. The van der Waals surface area contributed by atoms with Crippen LogP contribution < -0.4 is 5.32 Å². The zero-order valence-corrected chi connectivity index (χ0v) is 11.9. The van der Waals surface area contributed by atoms with Crippen molar-refractivity contribution in [2.45, 2.75) is 13.8 Å². The van der Waals surface area contributed by atoms with Crippen molar-refractivity contribution >= 4 is 28.2 Å². The lowest BCUT2D eigenvalue weighted by Crippen LogP contribution is -2.11. The van der Waals surface area contributed by atoms with E-state index in [2.05, 4.69) is 15.3 Å². The van der Waals surface area contributed by atoms with E-state index in [4.69, 9.17) is 4.74 Å². The first-order valence-corrected chi connectivity index (χ1v) is 6.77. The molecule has 0 fully saturated rings. The van der Waals surface area contributed by atoms with Crippen LogP contribution in [0.15, 0.2) is 24.8 Å². The van der Waals surface area contributed by atoms with Crippen molar-refractivity contribution in [3.63, 3.8) is 0 Å². The summed E-state index contributed by atoms with van der Waals surface area (Å²) in [4.78, 5) is 31.7. The number of ether oxygens (including phenoxy) is 1. The Kier molecular flexibility index (Phi) is 4.41. The van der Waals surface area contributed by atoms with Crippen molar-refractivity contribution in [2.24, 2.45) is 0 Å². The third-order valence-electron chi connectivity index (χ3n) is 2.44. The van der Waals surface area contributed by atoms with E-state index in [0.717, 1.165) is 5.56 Å². The Morgan fingerprint density at radius 3 is 2.70 bits per heavy atom. The maximum atomic E-state index is 11.9. The van der Waals surface area contributed by atoms with Gasteiger partial charge in [-0.2, -0.15) is 0 Å². The number of hydrogen-bond acceptors (Lipinski definition) is 6. The van der Waals surface area contributed by atoms with Gasteiger partial charge in [-0.1, -0.05) is 0 Å². The molecule has 0 spiro atoms. The standard InChI is InChI=1S/C13H13N3O3S/c1-3-19-13(18)11-8(2)4-10(20-11)16-12(17)9-5-14-7-15-6-9/h4-7H,3H2,1-2H3,(H,16,17). The summed E-state index contributed by atoms with van der Waals surface area (Å²) in [5, 5.41) is 3.29. The first kappa shape index (κ1) is 14.1. The second-order valence-corrected chi connectivity index (χ2v) is 4.98. The van der Waals surface area contributed by atoms with Gasteiger partial charge in [-0.05, 0) is 25.5 Å². The van der Waals surface area contributed by atoms with Crippen molar-refractivity contribution in [1.29, 1.82) is 0 Å². The fourth-order valence-electron chi connectivity index (χ4n) is 1.54. The molecule has 6 nitrogen and oxygen atoms in total. The number of thiophene rings is 1. The van der Waals surface area contributed by atoms with Crippen molar-refractivity contribution < 1.29 is 14.3 Å². The van der Waals surface area contributed by atoms with Crippen LogP contribution in [0.25, 0.3) is 0 Å². The molecule has 2 rings (SSSR count). The first-order chi connectivity index (χ1) is 9.61. The number of carbonyl (C=O) groups is 2. The Morgan fingerprint density at radius 2 is 2.05 bits per heavy atom. The number of hydrogen-bond donors (Lipinski definition) is 1. The highest BCUT2D eigenvalue weighted by molar-refractivity contribution is 7.18. The highest BCUT2D eigenvalue weighted by Gasteiger charge is 2.16. The molecule has 2 heterocycles. The summed E-state index contributed by atoms with van der Waals surface area (Å²) in [6.45, 7) is 3.86. The van der Waals surface area contributed by atoms with Gasteiger partial charge in [0.1, 0.15) is 11.2 Å². The Bertz CT molecular complexity index is 625. The minimum Gasteiger partial charge on any atom is -0.462 e. The monoisotopic (exact) mass is 291 g/mol. The SMILES string of the molecule is CCOC(=O)c1sc(NC(=O)c2cncnc2)cc1C. The third-order valence-corrected chi connectivity index (χ3v) is 3.57. The molecule has 1 amide bonds. The van der Waals surface area contributed by atoms with Gasteiger partial charge in [0, 0.05) is 12.4 Å². The van der Waals surface area contributed by atoms with E-state index in [9.17, 15) is 9.59 Å². The third kappa shape index (κ3) is 3.18. The zero-order valence-electron chi connectivity index (χ0n) is 11.0. The van der Waals surface area contributed by atoms with Gasteiger partial charge >= 0.3 is 5.97 Å². The molecule has 0 bridgehead atoms. The van der Waals surface area contributed by atoms with Gasteiger partial charge in [-0.15, -0.1) is 11.3 Å². The zero-order chi connectivity index (χ0) is 14.5. The molecule has 7 heteroatoms. The molecule has 2 aromatic rings. The van der Waals surface area contributed by atoms with Crippen molar-refractivity contribution in [2.75, 3.05) is 11.9 Å². The Morgan fingerprint density at radius 1 is 1.35 bits per heavy atom. The lowest BCUT2D eigenvalue weighted by Gasteiger charge is -2.01. The topological polar surface area (TPSA) is 81.2 Å². The maximum absolute atomic E-state index is 11.9. The highest BCUT2D eigenvalue weighted by Crippen LogP contribution is 2.27. The molecule has 104 valence electrons. The van der Waals surface area contributed by atoms with Crippen LogP contribution in [0, 0.1) is 6.92 Å². The van der Waals surface area contributed by atoms with E-state index in [1.54, 1.807) is 19.9 Å². The normalized spacial score (nSPS) is 10.1. The van der Waals surface area contributed by atoms with Crippen LogP contribution in [0.1, 0.15) is 32.5 Å². The quantitative estimate of drug-likeness (QED) is 0.874. The van der Waals surface area contributed by atoms with Crippen molar-refractivity contribution in [1.82, 2.24) is 9.97 Å². The predicted octanol–water partition coefficient (Wildman–Crippen LogP) is 2.28. The van der Waals surface area contributed by atoms with Crippen LogP contribution in [-0.2, 0) is 4.74 Å². The molecule has 0 aliphatic carbocycles. The summed E-state index contributed by atoms with van der Waals surface area (Å²) in [5.41, 5.74) is 1.13. The molecule has 0 unspecified atom stereocenters. The number of esters is 1. The number of anilines is 1. The van der Waals surface area contributed by atoms with Gasteiger partial charge in [0.25, 0.3) is 5.91 Å². The first-order valence-electron chi connectivity index (χ1n) is 5.95. The van der Waals surface area contributed by atoms with E-state index < -0.39 is 0 Å².